The average Bonchev–Trinajstić information content (AvgIpc) is 2.82. The number of nitrogens with zero attached hydrogens (tertiary/aromatic N) is 4. The third-order valence-electron chi connectivity index (χ3n) is 6.25. The van der Waals surface area contributed by atoms with Gasteiger partial charge >= 0.3 is 6.18 Å². The highest BCUT2D eigenvalue weighted by atomic mass is 35.5. The van der Waals surface area contributed by atoms with Crippen LogP contribution in [0.5, 0.6) is 5.75 Å². The number of nitrogens with two attached hydrogens (primary N) is 1. The highest BCUT2D eigenvalue weighted by molar-refractivity contribution is 6.31. The molecule has 0 aliphatic rings. The molecule has 0 saturated heterocycles. The molecule has 2 aromatic carbocycles. The summed E-state index contributed by atoms with van der Waals surface area (Å²) in [7, 11) is 1.87. The van der Waals surface area contributed by atoms with Crippen LogP contribution in [0.4, 0.5) is 13.2 Å². The summed E-state index contributed by atoms with van der Waals surface area (Å²) in [6, 6.07) is 7.86. The highest BCUT2D eigenvalue weighted by Gasteiger charge is 2.31. The smallest absolute Gasteiger partial charge is 0.416 e. The minimum absolute atomic E-state index is 0.0900. The molecule has 0 saturated carbocycles. The molecule has 0 amide bonds. The van der Waals surface area contributed by atoms with Gasteiger partial charge in [-0.3, -0.25) is 9.36 Å². The summed E-state index contributed by atoms with van der Waals surface area (Å²) in [5.41, 5.74) is 7.29. The summed E-state index contributed by atoms with van der Waals surface area (Å²) in [5.74, 6) is -0.628. The molecule has 200 valence electrons. The first kappa shape index (κ1) is 27.6. The Balaban J connectivity index is 1.99. The van der Waals surface area contributed by atoms with Gasteiger partial charge in [0.15, 0.2) is 5.65 Å². The number of alkyl halides is 3. The van der Waals surface area contributed by atoms with E-state index in [9.17, 15) is 23.1 Å². The van der Waals surface area contributed by atoms with Gasteiger partial charge in [0.05, 0.1) is 16.6 Å². The van der Waals surface area contributed by atoms with Crippen LogP contribution in [-0.4, -0.2) is 44.2 Å². The third-order valence-corrected chi connectivity index (χ3v) is 6.47. The molecule has 4 rings (SSSR count). The van der Waals surface area contributed by atoms with Crippen molar-refractivity contribution in [3.8, 4) is 22.6 Å². The highest BCUT2D eigenvalue weighted by Crippen LogP contribution is 2.34. The predicted molar refractivity (Wildman–Crippen MR) is 142 cm³/mol. The fraction of sp³-hybridized carbons (Fsp3) is 0.296. The lowest BCUT2D eigenvalue weighted by atomic mass is 9.97. The second-order valence-corrected chi connectivity index (χ2v) is 9.82. The van der Waals surface area contributed by atoms with Crippen LogP contribution >= 0.6 is 11.6 Å². The molecule has 7 nitrogen and oxygen atoms in total. The van der Waals surface area contributed by atoms with E-state index in [0.29, 0.717) is 35.3 Å². The van der Waals surface area contributed by atoms with Gasteiger partial charge in [0.1, 0.15) is 12.1 Å². The number of pyridine rings is 1. The number of rotatable bonds is 7. The number of hydrogen-bond acceptors (Lipinski definition) is 6. The van der Waals surface area contributed by atoms with Crippen molar-refractivity contribution in [2.45, 2.75) is 39.0 Å². The molecule has 1 atom stereocenters. The second-order valence-electron chi connectivity index (χ2n) is 9.39. The summed E-state index contributed by atoms with van der Waals surface area (Å²) < 4.78 is 41.2. The molecular formula is C27H27ClF3N5O2. The number of aromatic hydroxyl groups is 1. The summed E-state index contributed by atoms with van der Waals surface area (Å²) in [4.78, 5) is 24.5. The molecular weight excluding hydrogens is 519 g/mol. The lowest BCUT2D eigenvalue weighted by Crippen LogP contribution is -2.34. The zero-order chi connectivity index (χ0) is 27.8. The van der Waals surface area contributed by atoms with Gasteiger partial charge in [0.25, 0.3) is 5.56 Å². The van der Waals surface area contributed by atoms with Crippen LogP contribution in [0, 0.1) is 6.92 Å². The van der Waals surface area contributed by atoms with Gasteiger partial charge < -0.3 is 15.7 Å². The third kappa shape index (κ3) is 5.82. The van der Waals surface area contributed by atoms with Crippen molar-refractivity contribution in [2.24, 2.45) is 5.73 Å². The van der Waals surface area contributed by atoms with Crippen LogP contribution in [0.25, 0.3) is 27.8 Å². The number of benzene rings is 2. The molecule has 0 unspecified atom stereocenters. The van der Waals surface area contributed by atoms with Crippen LogP contribution in [0.2, 0.25) is 5.02 Å². The molecule has 11 heteroatoms. The van der Waals surface area contributed by atoms with Crippen LogP contribution in [-0.2, 0) is 12.7 Å². The van der Waals surface area contributed by atoms with Gasteiger partial charge in [-0.05, 0) is 61.3 Å². The van der Waals surface area contributed by atoms with E-state index in [0.717, 1.165) is 40.6 Å². The molecule has 0 spiro atoms. The van der Waals surface area contributed by atoms with E-state index in [4.69, 9.17) is 17.3 Å². The van der Waals surface area contributed by atoms with E-state index in [1.807, 2.05) is 31.9 Å². The fourth-order valence-electron chi connectivity index (χ4n) is 4.40. The van der Waals surface area contributed by atoms with Gasteiger partial charge in [-0.1, -0.05) is 24.6 Å². The van der Waals surface area contributed by atoms with E-state index in [2.05, 4.69) is 9.97 Å². The van der Waals surface area contributed by atoms with Crippen molar-refractivity contribution in [3.05, 3.63) is 81.0 Å². The van der Waals surface area contributed by atoms with Crippen molar-refractivity contribution in [1.82, 2.24) is 19.4 Å². The molecule has 3 N–H and O–H groups in total. The number of fused-ring (bicyclic) bond motifs is 1. The lowest BCUT2D eigenvalue weighted by molar-refractivity contribution is -0.137. The van der Waals surface area contributed by atoms with Crippen LogP contribution in [0.1, 0.15) is 30.0 Å². The minimum atomic E-state index is -4.72. The Morgan fingerprint density at radius 2 is 1.89 bits per heavy atom. The topological polar surface area (TPSA) is 97.3 Å². The van der Waals surface area contributed by atoms with Crippen molar-refractivity contribution >= 4 is 22.6 Å². The zero-order valence-electron chi connectivity index (χ0n) is 21.1. The number of hydrogen-bond donors (Lipinski definition) is 2. The number of aromatic nitrogens is 3. The maximum absolute atomic E-state index is 13.9. The number of aryl methyl sites for hydroxylation is 1. The van der Waals surface area contributed by atoms with Crippen molar-refractivity contribution < 1.29 is 18.3 Å². The Hall–Kier alpha value is -3.47. The van der Waals surface area contributed by atoms with E-state index in [-0.39, 0.29) is 22.8 Å². The van der Waals surface area contributed by atoms with E-state index in [1.54, 1.807) is 18.3 Å². The average molecular weight is 546 g/mol. The molecule has 38 heavy (non-hydrogen) atoms. The van der Waals surface area contributed by atoms with E-state index < -0.39 is 23.0 Å². The molecule has 2 aromatic heterocycles. The quantitative estimate of drug-likeness (QED) is 0.327. The largest absolute Gasteiger partial charge is 0.508 e. The molecule has 0 fully saturated rings. The van der Waals surface area contributed by atoms with Gasteiger partial charge in [0, 0.05) is 42.0 Å². The Kier molecular flexibility index (Phi) is 7.78. The van der Waals surface area contributed by atoms with Gasteiger partial charge in [-0.15, -0.1) is 0 Å². The second kappa shape index (κ2) is 10.7. The molecule has 2 heterocycles. The molecule has 0 radical (unpaired) electrons. The van der Waals surface area contributed by atoms with Crippen molar-refractivity contribution in [3.63, 3.8) is 0 Å². The first-order valence-corrected chi connectivity index (χ1v) is 12.3. The number of likely N-dealkylation sites (N-methyl/N-ethyl adjacent to an activating group) is 1. The standard InChI is InChI=1S/C27H27ClF3N5O2/c1-4-19(32)12-35(3)13-23-22(16-5-15(2)6-18(28)7-16)11-33-25-24(23)26(38)36(14-34-25)20-8-17(27(29,30)31)9-21(37)10-20/h5-11,14,19,37H,4,12-13,32H2,1-3H3/t19-/m0/s1. The van der Waals surface area contributed by atoms with Crippen molar-refractivity contribution in [2.75, 3.05) is 13.6 Å². The Morgan fingerprint density at radius 1 is 1.16 bits per heavy atom. The first-order chi connectivity index (χ1) is 17.9. The molecule has 0 bridgehead atoms. The SMILES string of the molecule is CC[C@H](N)CN(C)Cc1c(-c2cc(C)cc(Cl)c2)cnc2ncn(-c3cc(O)cc(C(F)(F)F)c3)c(=O)c12. The maximum atomic E-state index is 13.9. The number of halogens is 4. The Labute approximate surface area is 222 Å². The normalized spacial score (nSPS) is 12.9. The Morgan fingerprint density at radius 3 is 2.55 bits per heavy atom. The van der Waals surface area contributed by atoms with Gasteiger partial charge in [-0.25, -0.2) is 9.97 Å². The van der Waals surface area contributed by atoms with Crippen LogP contribution in [0.15, 0.2) is 53.7 Å². The summed E-state index contributed by atoms with van der Waals surface area (Å²) in [6.45, 7) is 4.71. The van der Waals surface area contributed by atoms with Crippen LogP contribution < -0.4 is 11.3 Å². The lowest BCUT2D eigenvalue weighted by Gasteiger charge is -2.23. The first-order valence-electron chi connectivity index (χ1n) is 11.9. The zero-order valence-corrected chi connectivity index (χ0v) is 21.8. The summed E-state index contributed by atoms with van der Waals surface area (Å²) in [5, 5.41) is 10.6. The maximum Gasteiger partial charge on any atom is 0.416 e. The van der Waals surface area contributed by atoms with Gasteiger partial charge in [-0.2, -0.15) is 13.2 Å². The fourth-order valence-corrected chi connectivity index (χ4v) is 4.69. The summed E-state index contributed by atoms with van der Waals surface area (Å²) in [6.07, 6.45) is -1.23. The van der Waals surface area contributed by atoms with Crippen molar-refractivity contribution in [1.29, 1.82) is 0 Å². The summed E-state index contributed by atoms with van der Waals surface area (Å²) >= 11 is 6.33. The number of phenols is 1. The molecule has 4 aromatic rings. The molecule has 0 aliphatic heterocycles. The van der Waals surface area contributed by atoms with Crippen LogP contribution in [0.3, 0.4) is 0 Å². The molecule has 0 aliphatic carbocycles. The number of phenolic OH excluding ortho intramolecular Hbond substituents is 1. The Bertz CT molecular complexity index is 1530. The van der Waals surface area contributed by atoms with E-state index in [1.165, 1.54) is 0 Å². The van der Waals surface area contributed by atoms with E-state index >= 15 is 0 Å². The van der Waals surface area contributed by atoms with Gasteiger partial charge in [0.2, 0.25) is 0 Å². The predicted octanol–water partition coefficient (Wildman–Crippen LogP) is 5.30. The monoisotopic (exact) mass is 545 g/mol. The minimum Gasteiger partial charge on any atom is -0.508 e.